The Morgan fingerprint density at radius 2 is 1.96 bits per heavy atom. The van der Waals surface area contributed by atoms with Crippen molar-refractivity contribution in [2.75, 3.05) is 18.0 Å². The largest absolute Gasteiger partial charge is 0.349 e. The van der Waals surface area contributed by atoms with Gasteiger partial charge in [0.2, 0.25) is 0 Å². The molecule has 1 heterocycles. The minimum absolute atomic E-state index is 0.00741. The van der Waals surface area contributed by atoms with Crippen molar-refractivity contribution >= 4 is 17.6 Å². The summed E-state index contributed by atoms with van der Waals surface area (Å²) in [4.78, 5) is 26.1. The van der Waals surface area contributed by atoms with Crippen molar-refractivity contribution in [3.05, 3.63) is 29.8 Å². The van der Waals surface area contributed by atoms with Crippen LogP contribution < -0.4 is 15.5 Å². The highest BCUT2D eigenvalue weighted by molar-refractivity contribution is 5.97. The van der Waals surface area contributed by atoms with Crippen molar-refractivity contribution in [2.45, 2.75) is 46.1 Å². The summed E-state index contributed by atoms with van der Waals surface area (Å²) in [6, 6.07) is 7.51. The first-order valence-electron chi connectivity index (χ1n) is 9.29. The monoisotopic (exact) mass is 341 g/mol. The van der Waals surface area contributed by atoms with Crippen LogP contribution in [-0.4, -0.2) is 31.1 Å². The van der Waals surface area contributed by atoms with Crippen LogP contribution in [0.5, 0.6) is 0 Å². The molecule has 1 aromatic rings. The number of anilines is 1. The molecule has 3 aliphatic rings. The molecule has 2 bridgehead atoms. The molecular weight excluding hydrogens is 314 g/mol. The standard InChI is InChI=1S/C20H27N3O2/c1-19(2)14-8-9-20(19,3)16(12-14)22-17(24)13-4-6-15(7-5-13)23-11-10-21-18(23)25/h4-7,14,16H,8-12H2,1-3H3,(H,21,25)(H,22,24). The number of nitrogens with one attached hydrogen (secondary N) is 2. The van der Waals surface area contributed by atoms with E-state index in [-0.39, 0.29) is 28.8 Å². The molecule has 4 rings (SSSR count). The first-order chi connectivity index (χ1) is 11.8. The molecular formula is C20H27N3O2. The summed E-state index contributed by atoms with van der Waals surface area (Å²) in [5.74, 6) is 0.700. The smallest absolute Gasteiger partial charge is 0.321 e. The second kappa shape index (κ2) is 5.48. The summed E-state index contributed by atoms with van der Waals surface area (Å²) in [5.41, 5.74) is 1.96. The highest BCUT2D eigenvalue weighted by atomic mass is 16.2. The third-order valence-electron chi connectivity index (χ3n) is 7.40. The lowest BCUT2D eigenvalue weighted by atomic mass is 9.69. The molecule has 0 spiro atoms. The van der Waals surface area contributed by atoms with Gasteiger partial charge in [0.15, 0.2) is 0 Å². The van der Waals surface area contributed by atoms with Crippen LogP contribution in [0.4, 0.5) is 10.5 Å². The number of nitrogens with zero attached hydrogens (tertiary/aromatic N) is 1. The second-order valence-electron chi connectivity index (χ2n) is 8.57. The molecule has 3 amide bonds. The van der Waals surface area contributed by atoms with E-state index in [9.17, 15) is 9.59 Å². The average Bonchev–Trinajstić information content (AvgIpc) is 3.16. The summed E-state index contributed by atoms with van der Waals surface area (Å²) < 4.78 is 0. The van der Waals surface area contributed by atoms with E-state index < -0.39 is 0 Å². The Morgan fingerprint density at radius 3 is 2.48 bits per heavy atom. The fourth-order valence-corrected chi connectivity index (χ4v) is 5.17. The van der Waals surface area contributed by atoms with Gasteiger partial charge >= 0.3 is 6.03 Å². The lowest BCUT2D eigenvalue weighted by molar-refractivity contribution is 0.0826. The minimum atomic E-state index is -0.0747. The number of carbonyl (C=O) groups excluding carboxylic acids is 2. The van der Waals surface area contributed by atoms with Gasteiger partial charge in [0.25, 0.3) is 5.91 Å². The normalized spacial score (nSPS) is 32.8. The Morgan fingerprint density at radius 1 is 1.24 bits per heavy atom. The molecule has 3 fully saturated rings. The van der Waals surface area contributed by atoms with E-state index in [1.54, 1.807) is 4.90 Å². The van der Waals surface area contributed by atoms with Gasteiger partial charge in [0, 0.05) is 30.4 Å². The predicted molar refractivity (Wildman–Crippen MR) is 97.7 cm³/mol. The Kier molecular flexibility index (Phi) is 3.60. The van der Waals surface area contributed by atoms with Gasteiger partial charge in [-0.05, 0) is 60.3 Å². The summed E-state index contributed by atoms with van der Waals surface area (Å²) in [6.45, 7) is 8.37. The van der Waals surface area contributed by atoms with Crippen LogP contribution in [0.25, 0.3) is 0 Å². The molecule has 5 nitrogen and oxygen atoms in total. The zero-order valence-electron chi connectivity index (χ0n) is 15.3. The van der Waals surface area contributed by atoms with E-state index in [1.165, 1.54) is 12.8 Å². The van der Waals surface area contributed by atoms with Gasteiger partial charge in [0.05, 0.1) is 0 Å². The van der Waals surface area contributed by atoms with Crippen LogP contribution in [-0.2, 0) is 0 Å². The van der Waals surface area contributed by atoms with Crippen LogP contribution >= 0.6 is 0 Å². The molecule has 1 aliphatic heterocycles. The Balaban J connectivity index is 1.46. The van der Waals surface area contributed by atoms with E-state index in [1.807, 2.05) is 24.3 Å². The van der Waals surface area contributed by atoms with E-state index in [4.69, 9.17) is 0 Å². The zero-order chi connectivity index (χ0) is 17.8. The molecule has 1 aromatic carbocycles. The molecule has 3 atom stereocenters. The maximum atomic E-state index is 12.7. The van der Waals surface area contributed by atoms with Crippen LogP contribution in [0.1, 0.15) is 50.4 Å². The molecule has 0 radical (unpaired) electrons. The van der Waals surface area contributed by atoms with Gasteiger partial charge in [-0.15, -0.1) is 0 Å². The highest BCUT2D eigenvalue weighted by Crippen LogP contribution is 2.65. The Bertz CT molecular complexity index is 712. The summed E-state index contributed by atoms with van der Waals surface area (Å²) in [7, 11) is 0. The van der Waals surface area contributed by atoms with E-state index in [2.05, 4.69) is 31.4 Å². The van der Waals surface area contributed by atoms with Gasteiger partial charge < -0.3 is 10.6 Å². The van der Waals surface area contributed by atoms with Crippen LogP contribution in [0.3, 0.4) is 0 Å². The number of fused-ring (bicyclic) bond motifs is 2. The fraction of sp³-hybridized carbons (Fsp3) is 0.600. The van der Waals surface area contributed by atoms with Gasteiger partial charge in [-0.1, -0.05) is 20.8 Å². The predicted octanol–water partition coefficient (Wildman–Crippen LogP) is 3.16. The number of amides is 3. The number of benzene rings is 1. The first-order valence-corrected chi connectivity index (χ1v) is 9.29. The fourth-order valence-electron chi connectivity index (χ4n) is 5.17. The first kappa shape index (κ1) is 16.4. The van der Waals surface area contributed by atoms with Crippen LogP contribution in [0.15, 0.2) is 24.3 Å². The van der Waals surface area contributed by atoms with Crippen molar-refractivity contribution in [1.82, 2.24) is 10.6 Å². The van der Waals surface area contributed by atoms with Crippen LogP contribution in [0.2, 0.25) is 0 Å². The number of carbonyl (C=O) groups is 2. The van der Waals surface area contributed by atoms with E-state index >= 15 is 0 Å². The van der Waals surface area contributed by atoms with Crippen LogP contribution in [0, 0.1) is 16.7 Å². The zero-order valence-corrected chi connectivity index (χ0v) is 15.3. The van der Waals surface area contributed by atoms with Crippen molar-refractivity contribution in [3.63, 3.8) is 0 Å². The molecule has 2 N–H and O–H groups in total. The molecule has 2 saturated carbocycles. The lowest BCUT2D eigenvalue weighted by Gasteiger charge is -2.39. The minimum Gasteiger partial charge on any atom is -0.349 e. The van der Waals surface area contributed by atoms with Crippen molar-refractivity contribution in [3.8, 4) is 0 Å². The van der Waals surface area contributed by atoms with Crippen molar-refractivity contribution in [2.24, 2.45) is 16.7 Å². The Hall–Kier alpha value is -2.04. The topological polar surface area (TPSA) is 61.4 Å². The number of urea groups is 1. The lowest BCUT2D eigenvalue weighted by Crippen LogP contribution is -2.46. The molecule has 5 heteroatoms. The number of hydrogen-bond acceptors (Lipinski definition) is 2. The maximum Gasteiger partial charge on any atom is 0.321 e. The summed E-state index contributed by atoms with van der Waals surface area (Å²) in [5, 5.41) is 6.08. The summed E-state index contributed by atoms with van der Waals surface area (Å²) in [6.07, 6.45) is 3.56. The maximum absolute atomic E-state index is 12.7. The van der Waals surface area contributed by atoms with Gasteiger partial charge in [-0.25, -0.2) is 4.79 Å². The molecule has 1 saturated heterocycles. The summed E-state index contributed by atoms with van der Waals surface area (Å²) >= 11 is 0. The van der Waals surface area contributed by atoms with Gasteiger partial charge in [-0.3, -0.25) is 9.69 Å². The van der Waals surface area contributed by atoms with E-state index in [0.29, 0.717) is 24.6 Å². The van der Waals surface area contributed by atoms with Crippen molar-refractivity contribution < 1.29 is 9.59 Å². The third kappa shape index (κ3) is 2.35. The quantitative estimate of drug-likeness (QED) is 0.887. The van der Waals surface area contributed by atoms with Gasteiger partial charge in [-0.2, -0.15) is 0 Å². The second-order valence-corrected chi connectivity index (χ2v) is 8.57. The number of rotatable bonds is 3. The Labute approximate surface area is 149 Å². The molecule has 134 valence electrons. The SMILES string of the molecule is CC1(C)C2CCC1(C)C(NC(=O)c1ccc(N3CCNC3=O)cc1)C2. The molecule has 25 heavy (non-hydrogen) atoms. The molecule has 2 aliphatic carbocycles. The average molecular weight is 341 g/mol. The van der Waals surface area contributed by atoms with Crippen molar-refractivity contribution in [1.29, 1.82) is 0 Å². The number of hydrogen-bond donors (Lipinski definition) is 2. The highest BCUT2D eigenvalue weighted by Gasteiger charge is 2.61. The third-order valence-corrected chi connectivity index (χ3v) is 7.40. The van der Waals surface area contributed by atoms with Gasteiger partial charge in [0.1, 0.15) is 0 Å². The molecule has 3 unspecified atom stereocenters. The molecule has 0 aromatic heterocycles. The van der Waals surface area contributed by atoms with E-state index in [0.717, 1.165) is 12.1 Å².